The van der Waals surface area contributed by atoms with E-state index in [2.05, 4.69) is 5.16 Å². The maximum Gasteiger partial charge on any atom is 0.326 e. The molecule has 122 valence electrons. The summed E-state index contributed by atoms with van der Waals surface area (Å²) in [6.45, 7) is 0.408. The molecule has 0 aliphatic carbocycles. The zero-order chi connectivity index (χ0) is 16.4. The summed E-state index contributed by atoms with van der Waals surface area (Å²) in [5.41, 5.74) is 1.06. The smallest absolute Gasteiger partial charge is 0.326 e. The van der Waals surface area contributed by atoms with Gasteiger partial charge in [-0.05, 0) is 31.4 Å². The van der Waals surface area contributed by atoms with Crippen LogP contribution < -0.4 is 0 Å². The lowest BCUT2D eigenvalue weighted by Gasteiger charge is -2.33. The monoisotopic (exact) mass is 320 g/mol. The molecule has 1 saturated heterocycles. The molecule has 1 fully saturated rings. The van der Waals surface area contributed by atoms with Gasteiger partial charge in [0.15, 0.2) is 0 Å². The summed E-state index contributed by atoms with van der Waals surface area (Å²) in [5, 5.41) is 13.1. The zero-order valence-electron chi connectivity index (χ0n) is 12.4. The lowest BCUT2D eigenvalue weighted by Crippen LogP contribution is -2.51. The Morgan fingerprint density at radius 2 is 2.17 bits per heavy atom. The summed E-state index contributed by atoms with van der Waals surface area (Å²) in [6, 6.07) is 5.11. The summed E-state index contributed by atoms with van der Waals surface area (Å²) in [4.78, 5) is 30.4. The van der Waals surface area contributed by atoms with Gasteiger partial charge in [-0.25, -0.2) is 9.18 Å². The van der Waals surface area contributed by atoms with Crippen molar-refractivity contribution in [2.45, 2.75) is 37.8 Å². The number of amides is 1. The first-order valence-corrected chi connectivity index (χ1v) is 7.58. The number of halogens is 1. The van der Waals surface area contributed by atoms with Crippen LogP contribution >= 0.6 is 0 Å². The second-order valence-corrected chi connectivity index (χ2v) is 5.73. The van der Waals surface area contributed by atoms with Crippen molar-refractivity contribution < 1.29 is 23.9 Å². The molecule has 1 aromatic carbocycles. The first kappa shape index (κ1) is 15.5. The fourth-order valence-corrected chi connectivity index (χ4v) is 2.99. The number of oxime groups is 1. The predicted octanol–water partition coefficient (Wildman–Crippen LogP) is 1.78. The van der Waals surface area contributed by atoms with E-state index in [1.165, 1.54) is 17.0 Å². The number of nitrogens with zero attached hydrogens (tertiary/aromatic N) is 2. The third-order valence-electron chi connectivity index (χ3n) is 4.17. The fourth-order valence-electron chi connectivity index (χ4n) is 2.99. The van der Waals surface area contributed by atoms with Crippen LogP contribution in [0.4, 0.5) is 4.39 Å². The Morgan fingerprint density at radius 1 is 1.35 bits per heavy atom. The Hall–Kier alpha value is -2.44. The van der Waals surface area contributed by atoms with Crippen LogP contribution in [0.15, 0.2) is 29.4 Å². The number of benzene rings is 1. The molecule has 0 spiro atoms. The molecule has 0 bridgehead atoms. The van der Waals surface area contributed by atoms with Crippen molar-refractivity contribution in [3.8, 4) is 0 Å². The van der Waals surface area contributed by atoms with Gasteiger partial charge in [-0.2, -0.15) is 0 Å². The summed E-state index contributed by atoms with van der Waals surface area (Å²) >= 11 is 0. The van der Waals surface area contributed by atoms with E-state index < -0.39 is 18.1 Å². The zero-order valence-corrected chi connectivity index (χ0v) is 12.4. The number of carboxylic acid groups (broad SMARTS) is 1. The molecule has 3 rings (SSSR count). The van der Waals surface area contributed by atoms with Gasteiger partial charge in [0.1, 0.15) is 11.9 Å². The van der Waals surface area contributed by atoms with Gasteiger partial charge in [0.2, 0.25) is 6.10 Å². The minimum atomic E-state index is -0.998. The van der Waals surface area contributed by atoms with E-state index in [-0.39, 0.29) is 18.1 Å². The van der Waals surface area contributed by atoms with Gasteiger partial charge in [-0.15, -0.1) is 0 Å². The normalized spacial score (nSPS) is 24.0. The van der Waals surface area contributed by atoms with Crippen molar-refractivity contribution >= 4 is 17.6 Å². The molecule has 1 aromatic rings. The summed E-state index contributed by atoms with van der Waals surface area (Å²) in [5.74, 6) is -1.75. The first-order valence-electron chi connectivity index (χ1n) is 7.58. The van der Waals surface area contributed by atoms with Crippen molar-refractivity contribution in [1.29, 1.82) is 0 Å². The largest absolute Gasteiger partial charge is 0.480 e. The standard InChI is InChI=1S/C16H17FN2O4/c17-11-5-3-4-10(8-11)12-9-14(23-18-12)15(20)19-7-2-1-6-13(19)16(21)22/h3-5,8,13-14H,1-2,6-7,9H2,(H,21,22). The minimum Gasteiger partial charge on any atom is -0.480 e. The maximum atomic E-state index is 13.3. The van der Waals surface area contributed by atoms with Crippen LogP contribution in [0.1, 0.15) is 31.2 Å². The van der Waals surface area contributed by atoms with Crippen molar-refractivity contribution in [3.05, 3.63) is 35.6 Å². The van der Waals surface area contributed by atoms with Gasteiger partial charge in [-0.3, -0.25) is 4.79 Å². The van der Waals surface area contributed by atoms with E-state index >= 15 is 0 Å². The number of carboxylic acids is 1. The number of hydrogen-bond donors (Lipinski definition) is 1. The number of piperidine rings is 1. The van der Waals surface area contributed by atoms with Crippen LogP contribution in [0.3, 0.4) is 0 Å². The third kappa shape index (κ3) is 3.18. The van der Waals surface area contributed by atoms with Gasteiger partial charge in [0, 0.05) is 18.5 Å². The average Bonchev–Trinajstić information content (AvgIpc) is 3.04. The second-order valence-electron chi connectivity index (χ2n) is 5.73. The van der Waals surface area contributed by atoms with E-state index in [1.807, 2.05) is 0 Å². The Morgan fingerprint density at radius 3 is 2.91 bits per heavy atom. The topological polar surface area (TPSA) is 79.2 Å². The highest BCUT2D eigenvalue weighted by molar-refractivity contribution is 6.04. The van der Waals surface area contributed by atoms with Crippen molar-refractivity contribution in [2.75, 3.05) is 6.54 Å². The van der Waals surface area contributed by atoms with Gasteiger partial charge in [-0.1, -0.05) is 17.3 Å². The molecule has 6 nitrogen and oxygen atoms in total. The molecule has 0 saturated carbocycles. The van der Waals surface area contributed by atoms with Gasteiger partial charge < -0.3 is 14.8 Å². The molecule has 2 unspecified atom stereocenters. The Labute approximate surface area is 132 Å². The van der Waals surface area contributed by atoms with Crippen LogP contribution in [0.5, 0.6) is 0 Å². The number of aliphatic carboxylic acids is 1. The molecule has 1 amide bonds. The number of rotatable bonds is 3. The van der Waals surface area contributed by atoms with Crippen LogP contribution in [0.25, 0.3) is 0 Å². The molecule has 2 aliphatic heterocycles. The van der Waals surface area contributed by atoms with Crippen LogP contribution in [0, 0.1) is 5.82 Å². The maximum absolute atomic E-state index is 13.3. The van der Waals surface area contributed by atoms with E-state index in [0.717, 1.165) is 12.8 Å². The molecule has 0 radical (unpaired) electrons. The highest BCUT2D eigenvalue weighted by atomic mass is 19.1. The van der Waals surface area contributed by atoms with E-state index in [4.69, 9.17) is 4.84 Å². The fraction of sp³-hybridized carbons (Fsp3) is 0.438. The summed E-state index contributed by atoms with van der Waals surface area (Å²) in [7, 11) is 0. The van der Waals surface area contributed by atoms with E-state index in [1.54, 1.807) is 12.1 Å². The lowest BCUT2D eigenvalue weighted by atomic mass is 9.99. The molecule has 7 heteroatoms. The molecular formula is C16H17FN2O4. The van der Waals surface area contributed by atoms with Crippen molar-refractivity contribution in [3.63, 3.8) is 0 Å². The third-order valence-corrected chi connectivity index (χ3v) is 4.17. The molecule has 23 heavy (non-hydrogen) atoms. The quantitative estimate of drug-likeness (QED) is 0.921. The molecule has 1 N–H and O–H groups in total. The molecule has 2 atom stereocenters. The summed E-state index contributed by atoms with van der Waals surface area (Å²) < 4.78 is 13.3. The van der Waals surface area contributed by atoms with Crippen molar-refractivity contribution in [1.82, 2.24) is 4.90 Å². The Balaban J connectivity index is 1.69. The van der Waals surface area contributed by atoms with E-state index in [9.17, 15) is 19.1 Å². The SMILES string of the molecule is O=C(O)C1CCCCN1C(=O)C1CC(c2cccc(F)c2)=NO1. The van der Waals surface area contributed by atoms with Gasteiger partial charge in [0.05, 0.1) is 5.71 Å². The predicted molar refractivity (Wildman–Crippen MR) is 79.4 cm³/mol. The van der Waals surface area contributed by atoms with Crippen molar-refractivity contribution in [2.24, 2.45) is 5.16 Å². The Kier molecular flexibility index (Phi) is 4.27. The van der Waals surface area contributed by atoms with Crippen LogP contribution in [-0.4, -0.2) is 46.3 Å². The number of carbonyl (C=O) groups is 2. The molecule has 2 heterocycles. The number of hydrogen-bond acceptors (Lipinski definition) is 4. The lowest BCUT2D eigenvalue weighted by molar-refractivity contribution is -0.157. The average molecular weight is 320 g/mol. The van der Waals surface area contributed by atoms with Gasteiger partial charge >= 0.3 is 5.97 Å². The minimum absolute atomic E-state index is 0.213. The van der Waals surface area contributed by atoms with E-state index in [0.29, 0.717) is 24.2 Å². The first-order chi connectivity index (χ1) is 11.1. The highest BCUT2D eigenvalue weighted by Crippen LogP contribution is 2.23. The molecule has 2 aliphatic rings. The second kappa shape index (κ2) is 6.36. The number of carbonyl (C=O) groups excluding carboxylic acids is 1. The number of likely N-dealkylation sites (tertiary alicyclic amines) is 1. The molecule has 0 aromatic heterocycles. The Bertz CT molecular complexity index is 661. The summed E-state index contributed by atoms with van der Waals surface area (Å²) in [6.07, 6.45) is 1.39. The molecular weight excluding hydrogens is 303 g/mol. The van der Waals surface area contributed by atoms with Crippen LogP contribution in [-0.2, 0) is 14.4 Å². The highest BCUT2D eigenvalue weighted by Gasteiger charge is 2.39. The van der Waals surface area contributed by atoms with Gasteiger partial charge in [0.25, 0.3) is 5.91 Å². The van der Waals surface area contributed by atoms with Crippen LogP contribution in [0.2, 0.25) is 0 Å².